The van der Waals surface area contributed by atoms with E-state index in [0.29, 0.717) is 33.4 Å². The first kappa shape index (κ1) is 29.9. The van der Waals surface area contributed by atoms with Crippen molar-refractivity contribution in [2.24, 2.45) is 0 Å². The summed E-state index contributed by atoms with van der Waals surface area (Å²) in [5.74, 6) is -0.750. The number of benzene rings is 3. The minimum Gasteiger partial charge on any atom is -0.465 e. The number of thioether (sulfide) groups is 1. The standard InChI is InChI=1S/C31H23N5O6S2/c37-28(35-31-34-27(18-44-31)21-8-4-9-23(16-21)36(40)41)19-43-25-13-11-22(12-14-25)32-30(39)26(17-24-10-5-15-42-24)33-29(38)20-6-2-1-3-7-20/h1-18H,19H2,(H,32,39)(H,33,38)(H,34,35,37)/b26-17-. The van der Waals surface area contributed by atoms with Crippen LogP contribution in [-0.2, 0) is 9.59 Å². The molecule has 0 saturated heterocycles. The van der Waals surface area contributed by atoms with Crippen LogP contribution in [0.3, 0.4) is 0 Å². The number of anilines is 2. The molecule has 0 radical (unpaired) electrons. The van der Waals surface area contributed by atoms with Crippen LogP contribution in [-0.4, -0.2) is 33.4 Å². The molecule has 2 heterocycles. The van der Waals surface area contributed by atoms with Crippen molar-refractivity contribution < 1.29 is 23.7 Å². The maximum Gasteiger partial charge on any atom is 0.272 e. The SMILES string of the molecule is O=C(CSc1ccc(NC(=O)/C(=C/c2ccco2)NC(=O)c2ccccc2)cc1)Nc1nc(-c2cccc([N+](=O)[O-])c2)cs1. The minimum absolute atomic E-state index is 0.000225. The maximum atomic E-state index is 13.1. The summed E-state index contributed by atoms with van der Waals surface area (Å²) in [6.07, 6.45) is 2.90. The number of non-ortho nitro benzene ring substituents is 1. The van der Waals surface area contributed by atoms with Gasteiger partial charge in [-0.1, -0.05) is 30.3 Å². The van der Waals surface area contributed by atoms with Gasteiger partial charge in [0.25, 0.3) is 17.5 Å². The summed E-state index contributed by atoms with van der Waals surface area (Å²) in [4.78, 5) is 54.0. The lowest BCUT2D eigenvalue weighted by Crippen LogP contribution is -2.30. The van der Waals surface area contributed by atoms with Gasteiger partial charge >= 0.3 is 0 Å². The van der Waals surface area contributed by atoms with Gasteiger partial charge in [-0.15, -0.1) is 23.1 Å². The Bertz CT molecular complexity index is 1820. The molecule has 0 aliphatic carbocycles. The fourth-order valence-electron chi connectivity index (χ4n) is 3.84. The molecule has 3 aromatic carbocycles. The van der Waals surface area contributed by atoms with Gasteiger partial charge in [-0.2, -0.15) is 0 Å². The minimum atomic E-state index is -0.543. The number of rotatable bonds is 11. The molecule has 0 aliphatic heterocycles. The summed E-state index contributed by atoms with van der Waals surface area (Å²) in [5.41, 5.74) is 1.96. The smallest absolute Gasteiger partial charge is 0.272 e. The largest absolute Gasteiger partial charge is 0.465 e. The zero-order valence-electron chi connectivity index (χ0n) is 22.8. The average molecular weight is 626 g/mol. The Morgan fingerprint density at radius 3 is 2.48 bits per heavy atom. The molecule has 0 bridgehead atoms. The van der Waals surface area contributed by atoms with Crippen LogP contribution < -0.4 is 16.0 Å². The van der Waals surface area contributed by atoms with Crippen molar-refractivity contribution in [1.82, 2.24) is 10.3 Å². The molecule has 3 amide bonds. The Morgan fingerprint density at radius 2 is 1.75 bits per heavy atom. The second-order valence-corrected chi connectivity index (χ2v) is 11.0. The molecule has 11 nitrogen and oxygen atoms in total. The summed E-state index contributed by atoms with van der Waals surface area (Å²) in [5, 5.41) is 21.3. The molecule has 0 unspecified atom stereocenters. The molecule has 0 atom stereocenters. The number of nitrogens with zero attached hydrogens (tertiary/aromatic N) is 2. The number of carbonyl (C=O) groups is 3. The number of nitro benzene ring substituents is 1. The fourth-order valence-corrected chi connectivity index (χ4v) is 5.27. The molecule has 3 N–H and O–H groups in total. The van der Waals surface area contributed by atoms with E-state index in [9.17, 15) is 24.5 Å². The highest BCUT2D eigenvalue weighted by Gasteiger charge is 2.16. The van der Waals surface area contributed by atoms with E-state index in [-0.39, 0.29) is 23.0 Å². The fraction of sp³-hybridized carbons (Fsp3) is 0.0323. The van der Waals surface area contributed by atoms with Crippen molar-refractivity contribution in [3.63, 3.8) is 0 Å². The number of carbonyl (C=O) groups excluding carboxylic acids is 3. The Hall–Kier alpha value is -5.53. The molecule has 5 rings (SSSR count). The first-order valence-electron chi connectivity index (χ1n) is 13.0. The van der Waals surface area contributed by atoms with Crippen LogP contribution in [0.4, 0.5) is 16.5 Å². The summed E-state index contributed by atoms with van der Waals surface area (Å²) in [7, 11) is 0. The van der Waals surface area contributed by atoms with Crippen LogP contribution in [0.5, 0.6) is 0 Å². The lowest BCUT2D eigenvalue weighted by molar-refractivity contribution is -0.384. The van der Waals surface area contributed by atoms with Crippen LogP contribution >= 0.6 is 23.1 Å². The van der Waals surface area contributed by atoms with Gasteiger partial charge in [0.15, 0.2) is 5.13 Å². The van der Waals surface area contributed by atoms with E-state index in [4.69, 9.17) is 4.42 Å². The molecule has 13 heteroatoms. The molecular formula is C31H23N5O6S2. The summed E-state index contributed by atoms with van der Waals surface area (Å²) in [6.45, 7) is 0. The van der Waals surface area contributed by atoms with Gasteiger partial charge in [0, 0.05) is 45.3 Å². The van der Waals surface area contributed by atoms with E-state index >= 15 is 0 Å². The average Bonchev–Trinajstić information content (AvgIpc) is 3.73. The Kier molecular flexibility index (Phi) is 9.59. The number of hydrogen-bond acceptors (Lipinski definition) is 9. The van der Waals surface area contributed by atoms with Gasteiger partial charge < -0.3 is 20.4 Å². The summed E-state index contributed by atoms with van der Waals surface area (Å²) in [6, 6.07) is 24.9. The van der Waals surface area contributed by atoms with Gasteiger partial charge in [0.2, 0.25) is 5.91 Å². The molecule has 0 spiro atoms. The summed E-state index contributed by atoms with van der Waals surface area (Å²) < 4.78 is 5.32. The number of thiazole rings is 1. The summed E-state index contributed by atoms with van der Waals surface area (Å²) >= 11 is 2.52. The monoisotopic (exact) mass is 625 g/mol. The van der Waals surface area contributed by atoms with Crippen molar-refractivity contribution in [3.05, 3.63) is 130 Å². The first-order chi connectivity index (χ1) is 21.3. The number of amides is 3. The van der Waals surface area contributed by atoms with Crippen LogP contribution in [0.1, 0.15) is 16.1 Å². The van der Waals surface area contributed by atoms with Gasteiger partial charge in [-0.25, -0.2) is 4.98 Å². The highest BCUT2D eigenvalue weighted by Crippen LogP contribution is 2.28. The molecule has 0 fully saturated rings. The zero-order chi connectivity index (χ0) is 30.9. The van der Waals surface area contributed by atoms with Gasteiger partial charge in [0.05, 0.1) is 22.6 Å². The predicted octanol–water partition coefficient (Wildman–Crippen LogP) is 6.45. The number of furan rings is 1. The van der Waals surface area contributed by atoms with Gasteiger partial charge in [-0.3, -0.25) is 24.5 Å². The first-order valence-corrected chi connectivity index (χ1v) is 14.9. The van der Waals surface area contributed by atoms with Gasteiger partial charge in [0.1, 0.15) is 11.5 Å². The number of hydrogen-bond donors (Lipinski definition) is 3. The van der Waals surface area contributed by atoms with E-state index in [1.165, 1.54) is 47.6 Å². The van der Waals surface area contributed by atoms with Crippen molar-refractivity contribution in [2.75, 3.05) is 16.4 Å². The Labute approximate surface area is 259 Å². The molecule has 2 aromatic heterocycles. The van der Waals surface area contributed by atoms with E-state index < -0.39 is 16.7 Å². The number of aromatic nitrogens is 1. The second kappa shape index (κ2) is 14.1. The second-order valence-electron chi connectivity index (χ2n) is 9.05. The van der Waals surface area contributed by atoms with E-state index in [1.54, 1.807) is 84.2 Å². The topological polar surface area (TPSA) is 156 Å². The number of nitrogens with one attached hydrogen (secondary N) is 3. The van der Waals surface area contributed by atoms with E-state index in [1.807, 2.05) is 0 Å². The normalized spacial score (nSPS) is 11.0. The lowest BCUT2D eigenvalue weighted by Gasteiger charge is -2.11. The molecule has 44 heavy (non-hydrogen) atoms. The zero-order valence-corrected chi connectivity index (χ0v) is 24.4. The quantitative estimate of drug-likeness (QED) is 0.0654. The van der Waals surface area contributed by atoms with Crippen molar-refractivity contribution in [3.8, 4) is 11.3 Å². The van der Waals surface area contributed by atoms with Crippen LogP contribution in [0.25, 0.3) is 17.3 Å². The molecule has 0 aliphatic rings. The molecular weight excluding hydrogens is 603 g/mol. The highest BCUT2D eigenvalue weighted by molar-refractivity contribution is 8.00. The third kappa shape index (κ3) is 8.06. The van der Waals surface area contributed by atoms with Gasteiger partial charge in [-0.05, 0) is 48.5 Å². The van der Waals surface area contributed by atoms with Crippen LogP contribution in [0.2, 0.25) is 0 Å². The highest BCUT2D eigenvalue weighted by atomic mass is 32.2. The molecule has 220 valence electrons. The number of nitro groups is 1. The van der Waals surface area contributed by atoms with Crippen molar-refractivity contribution in [1.29, 1.82) is 0 Å². The van der Waals surface area contributed by atoms with Crippen LogP contribution in [0.15, 0.2) is 118 Å². The lowest BCUT2D eigenvalue weighted by atomic mass is 10.1. The third-order valence-corrected chi connectivity index (χ3v) is 7.71. The van der Waals surface area contributed by atoms with Crippen LogP contribution in [0, 0.1) is 10.1 Å². The van der Waals surface area contributed by atoms with Crippen molar-refractivity contribution in [2.45, 2.75) is 4.90 Å². The third-order valence-electron chi connectivity index (χ3n) is 5.94. The molecule has 5 aromatic rings. The predicted molar refractivity (Wildman–Crippen MR) is 169 cm³/mol. The van der Waals surface area contributed by atoms with E-state index in [0.717, 1.165) is 4.90 Å². The maximum absolute atomic E-state index is 13.1. The Morgan fingerprint density at radius 1 is 0.955 bits per heavy atom. The van der Waals surface area contributed by atoms with Crippen molar-refractivity contribution >= 4 is 63.4 Å². The van der Waals surface area contributed by atoms with E-state index in [2.05, 4.69) is 20.9 Å². The Balaban J connectivity index is 1.15. The molecule has 0 saturated carbocycles.